The van der Waals surface area contributed by atoms with Crippen LogP contribution in [0.2, 0.25) is 0 Å². The highest BCUT2D eigenvalue weighted by Gasteiger charge is 2.23. The summed E-state index contributed by atoms with van der Waals surface area (Å²) in [5.41, 5.74) is 1.59. The molecule has 3 rings (SSSR count). The first-order chi connectivity index (χ1) is 12.8. The Balaban J connectivity index is 1.64. The minimum atomic E-state index is -3.77. The smallest absolute Gasteiger partial charge is 0.303 e. The largest absolute Gasteiger partial charge is 0.481 e. The van der Waals surface area contributed by atoms with Gasteiger partial charge in [-0.15, -0.1) is 0 Å². The second kappa shape index (κ2) is 7.79. The second-order valence-electron chi connectivity index (χ2n) is 6.47. The summed E-state index contributed by atoms with van der Waals surface area (Å²) in [7, 11) is -3.77. The van der Waals surface area contributed by atoms with Gasteiger partial charge in [0.25, 0.3) is 15.9 Å². The zero-order chi connectivity index (χ0) is 19.4. The van der Waals surface area contributed by atoms with E-state index in [2.05, 4.69) is 10.0 Å². The van der Waals surface area contributed by atoms with Gasteiger partial charge in [0.1, 0.15) is 0 Å². The summed E-state index contributed by atoms with van der Waals surface area (Å²) in [6.07, 6.45) is 2.33. The maximum Gasteiger partial charge on any atom is 0.303 e. The maximum atomic E-state index is 12.5. The third kappa shape index (κ3) is 5.30. The average molecular weight is 388 g/mol. The molecule has 1 amide bonds. The van der Waals surface area contributed by atoms with Crippen molar-refractivity contribution in [1.82, 2.24) is 5.32 Å². The van der Waals surface area contributed by atoms with E-state index in [1.807, 2.05) is 0 Å². The molecule has 1 saturated carbocycles. The predicted molar refractivity (Wildman–Crippen MR) is 100 cm³/mol. The molecular formula is C19H20N2O5S. The molecule has 0 heterocycles. The lowest BCUT2D eigenvalue weighted by molar-refractivity contribution is -0.136. The van der Waals surface area contributed by atoms with Crippen molar-refractivity contribution in [3.05, 3.63) is 59.7 Å². The van der Waals surface area contributed by atoms with Crippen molar-refractivity contribution in [3.8, 4) is 0 Å². The van der Waals surface area contributed by atoms with E-state index >= 15 is 0 Å². The first-order valence-electron chi connectivity index (χ1n) is 8.58. The van der Waals surface area contributed by atoms with E-state index in [0.717, 1.165) is 18.4 Å². The van der Waals surface area contributed by atoms with Gasteiger partial charge in [0.15, 0.2) is 0 Å². The Labute approximate surface area is 157 Å². The van der Waals surface area contributed by atoms with Crippen molar-refractivity contribution < 1.29 is 23.1 Å². The van der Waals surface area contributed by atoms with Gasteiger partial charge in [0, 0.05) is 23.7 Å². The Kier molecular flexibility index (Phi) is 5.46. The number of carbonyl (C=O) groups is 2. The number of nitrogens with one attached hydrogen (secondary N) is 2. The average Bonchev–Trinajstić information content (AvgIpc) is 3.44. The summed E-state index contributed by atoms with van der Waals surface area (Å²) in [6, 6.07) is 12.6. The van der Waals surface area contributed by atoms with Crippen LogP contribution in [0.1, 0.15) is 35.2 Å². The highest BCUT2D eigenvalue weighted by atomic mass is 32.2. The topological polar surface area (TPSA) is 113 Å². The molecule has 0 atom stereocenters. The molecule has 0 saturated heterocycles. The van der Waals surface area contributed by atoms with Crippen LogP contribution in [-0.2, 0) is 21.2 Å². The number of hydrogen-bond acceptors (Lipinski definition) is 4. The Morgan fingerprint density at radius 3 is 2.19 bits per heavy atom. The van der Waals surface area contributed by atoms with Crippen LogP contribution in [0.4, 0.5) is 5.69 Å². The fourth-order valence-corrected chi connectivity index (χ4v) is 3.55. The molecule has 0 unspecified atom stereocenters. The van der Waals surface area contributed by atoms with Crippen LogP contribution in [0, 0.1) is 0 Å². The number of benzene rings is 2. The molecule has 3 N–H and O–H groups in total. The molecule has 0 spiro atoms. The first-order valence-corrected chi connectivity index (χ1v) is 10.1. The van der Waals surface area contributed by atoms with Gasteiger partial charge in [-0.05, 0) is 61.2 Å². The molecule has 1 aliphatic rings. The number of sulfonamides is 1. The molecule has 0 aromatic heterocycles. The van der Waals surface area contributed by atoms with Crippen molar-refractivity contribution >= 4 is 27.6 Å². The van der Waals surface area contributed by atoms with Crippen LogP contribution in [0.15, 0.2) is 53.4 Å². The number of amides is 1. The van der Waals surface area contributed by atoms with Crippen LogP contribution < -0.4 is 10.0 Å². The zero-order valence-electron chi connectivity index (χ0n) is 14.5. The summed E-state index contributed by atoms with van der Waals surface area (Å²) in [4.78, 5) is 22.6. The minimum absolute atomic E-state index is 0.00891. The zero-order valence-corrected chi connectivity index (χ0v) is 15.3. The highest BCUT2D eigenvalue weighted by molar-refractivity contribution is 7.92. The number of hydrogen-bond donors (Lipinski definition) is 3. The first kappa shape index (κ1) is 18.9. The van der Waals surface area contributed by atoms with Gasteiger partial charge in [0.05, 0.1) is 4.90 Å². The molecule has 2 aromatic carbocycles. The molecule has 7 nitrogen and oxygen atoms in total. The number of anilines is 1. The third-order valence-corrected chi connectivity index (χ3v) is 5.57. The Morgan fingerprint density at radius 1 is 1.00 bits per heavy atom. The maximum absolute atomic E-state index is 12.5. The van der Waals surface area contributed by atoms with Gasteiger partial charge in [-0.1, -0.05) is 12.1 Å². The van der Waals surface area contributed by atoms with Gasteiger partial charge in [-0.25, -0.2) is 8.42 Å². The highest BCUT2D eigenvalue weighted by Crippen LogP contribution is 2.21. The van der Waals surface area contributed by atoms with Crippen molar-refractivity contribution in [3.63, 3.8) is 0 Å². The lowest BCUT2D eigenvalue weighted by atomic mass is 10.1. The summed E-state index contributed by atoms with van der Waals surface area (Å²) in [5.74, 6) is -1.06. The van der Waals surface area contributed by atoms with E-state index in [1.165, 1.54) is 12.1 Å². The lowest BCUT2D eigenvalue weighted by Gasteiger charge is -2.10. The van der Waals surface area contributed by atoms with Crippen LogP contribution in [0.5, 0.6) is 0 Å². The molecule has 8 heteroatoms. The predicted octanol–water partition coefficient (Wildman–Crippen LogP) is 2.40. The fraction of sp³-hybridized carbons (Fsp3) is 0.263. The third-order valence-electron chi connectivity index (χ3n) is 4.17. The number of carbonyl (C=O) groups excluding carboxylic acids is 1. The van der Waals surface area contributed by atoms with Gasteiger partial charge in [-0.2, -0.15) is 0 Å². The molecule has 0 bridgehead atoms. The number of rotatable bonds is 8. The monoisotopic (exact) mass is 388 g/mol. The second-order valence-corrected chi connectivity index (χ2v) is 8.15. The number of carboxylic acids is 1. The van der Waals surface area contributed by atoms with Crippen molar-refractivity contribution in [1.29, 1.82) is 0 Å². The number of carboxylic acid groups (broad SMARTS) is 1. The van der Waals surface area contributed by atoms with E-state index in [4.69, 9.17) is 5.11 Å². The normalized spacial score (nSPS) is 13.8. The summed E-state index contributed by atoms with van der Waals surface area (Å²) < 4.78 is 27.4. The van der Waals surface area contributed by atoms with Gasteiger partial charge in [-0.3, -0.25) is 14.3 Å². The molecular weight excluding hydrogens is 368 g/mol. The van der Waals surface area contributed by atoms with Crippen molar-refractivity contribution in [2.75, 3.05) is 4.72 Å². The minimum Gasteiger partial charge on any atom is -0.481 e. The molecule has 27 heavy (non-hydrogen) atoms. The van der Waals surface area contributed by atoms with Gasteiger partial charge < -0.3 is 10.4 Å². The van der Waals surface area contributed by atoms with E-state index in [-0.39, 0.29) is 23.3 Å². The molecule has 1 fully saturated rings. The van der Waals surface area contributed by atoms with E-state index in [9.17, 15) is 18.0 Å². The Hall–Kier alpha value is -2.87. The quantitative estimate of drug-likeness (QED) is 0.643. The Morgan fingerprint density at radius 2 is 1.63 bits per heavy atom. The van der Waals surface area contributed by atoms with Crippen LogP contribution in [0.3, 0.4) is 0 Å². The van der Waals surface area contributed by atoms with Gasteiger partial charge in [0.2, 0.25) is 0 Å². The van der Waals surface area contributed by atoms with Crippen LogP contribution >= 0.6 is 0 Å². The standard InChI is InChI=1S/C19H20N2O5S/c22-18(23)12-3-13-1-10-17(11-2-13)27(25,26)21-16-6-4-14(5-7-16)19(24)20-15-8-9-15/h1-2,4-7,10-11,15,21H,3,8-9,12H2,(H,20,24)(H,22,23). The SMILES string of the molecule is O=C(O)CCc1ccc(S(=O)(=O)Nc2ccc(C(=O)NC3CC3)cc2)cc1. The summed E-state index contributed by atoms with van der Waals surface area (Å²) in [6.45, 7) is 0. The van der Waals surface area contributed by atoms with E-state index in [1.54, 1.807) is 36.4 Å². The van der Waals surface area contributed by atoms with E-state index in [0.29, 0.717) is 17.7 Å². The van der Waals surface area contributed by atoms with E-state index < -0.39 is 16.0 Å². The van der Waals surface area contributed by atoms with Gasteiger partial charge >= 0.3 is 5.97 Å². The molecule has 0 radical (unpaired) electrons. The Bertz CT molecular complexity index is 933. The molecule has 142 valence electrons. The number of aliphatic carboxylic acids is 1. The summed E-state index contributed by atoms with van der Waals surface area (Å²) in [5, 5.41) is 11.6. The van der Waals surface area contributed by atoms with Crippen LogP contribution in [-0.4, -0.2) is 31.4 Å². The molecule has 1 aliphatic carbocycles. The summed E-state index contributed by atoms with van der Waals surface area (Å²) >= 11 is 0. The molecule has 2 aromatic rings. The van der Waals surface area contributed by atoms with Crippen molar-refractivity contribution in [2.24, 2.45) is 0 Å². The number of aryl methyl sites for hydroxylation is 1. The fourth-order valence-electron chi connectivity index (χ4n) is 2.49. The lowest BCUT2D eigenvalue weighted by Crippen LogP contribution is -2.25. The van der Waals surface area contributed by atoms with Crippen LogP contribution in [0.25, 0.3) is 0 Å². The van der Waals surface area contributed by atoms with Crippen molar-refractivity contribution in [2.45, 2.75) is 36.6 Å². The molecule has 0 aliphatic heterocycles.